The molecule has 2 aromatic rings. The molecule has 1 amide bonds. The first-order chi connectivity index (χ1) is 14.3. The van der Waals surface area contributed by atoms with Crippen LogP contribution < -0.4 is 5.32 Å². The van der Waals surface area contributed by atoms with Crippen LogP contribution in [-0.4, -0.2) is 34.6 Å². The maximum atomic E-state index is 13.2. The SMILES string of the molecule is CCC1(CC)CC(n2ccnc2)N=NC1C(=O)Nc1cc(Cl)c(Cl)cc1C(=O)OC. The molecule has 1 aliphatic rings. The highest BCUT2D eigenvalue weighted by molar-refractivity contribution is 6.42. The number of azo groups is 1. The molecule has 2 atom stereocenters. The van der Waals surface area contributed by atoms with E-state index < -0.39 is 17.4 Å². The molecule has 1 N–H and O–H groups in total. The highest BCUT2D eigenvalue weighted by Gasteiger charge is 2.45. The summed E-state index contributed by atoms with van der Waals surface area (Å²) in [5.41, 5.74) is -0.0697. The number of carbonyl (C=O) groups excluding carboxylic acids is 2. The highest BCUT2D eigenvalue weighted by Crippen LogP contribution is 2.45. The molecule has 0 radical (unpaired) electrons. The second kappa shape index (κ2) is 9.14. The molecule has 1 aromatic carbocycles. The van der Waals surface area contributed by atoms with Crippen LogP contribution in [0.1, 0.15) is 49.6 Å². The smallest absolute Gasteiger partial charge is 0.340 e. The Kier molecular flexibility index (Phi) is 6.77. The van der Waals surface area contributed by atoms with E-state index >= 15 is 0 Å². The minimum absolute atomic E-state index is 0.114. The zero-order chi connectivity index (χ0) is 21.9. The van der Waals surface area contributed by atoms with Crippen molar-refractivity contribution in [3.05, 3.63) is 46.5 Å². The molecule has 2 heterocycles. The van der Waals surface area contributed by atoms with Gasteiger partial charge in [-0.1, -0.05) is 37.0 Å². The van der Waals surface area contributed by atoms with Crippen LogP contribution in [0.3, 0.4) is 0 Å². The number of nitrogens with zero attached hydrogens (tertiary/aromatic N) is 4. The molecule has 8 nitrogen and oxygen atoms in total. The van der Waals surface area contributed by atoms with Crippen molar-refractivity contribution in [2.75, 3.05) is 12.4 Å². The van der Waals surface area contributed by atoms with Gasteiger partial charge in [-0.15, -0.1) is 0 Å². The number of aromatic nitrogens is 2. The summed E-state index contributed by atoms with van der Waals surface area (Å²) in [5, 5.41) is 11.9. The maximum Gasteiger partial charge on any atom is 0.340 e. The molecule has 0 saturated heterocycles. The van der Waals surface area contributed by atoms with E-state index in [1.54, 1.807) is 12.5 Å². The fraction of sp³-hybridized carbons (Fsp3) is 0.450. The van der Waals surface area contributed by atoms with Crippen LogP contribution in [0, 0.1) is 5.41 Å². The standard InChI is InChI=1S/C20H23Cl2N5O3/c1-4-20(5-2)10-16(27-7-6-23-11-27)25-26-17(20)18(28)24-15-9-14(22)13(21)8-12(15)19(29)30-3/h6-9,11,16-17H,4-5,10H2,1-3H3,(H,24,28). The van der Waals surface area contributed by atoms with E-state index in [1.807, 2.05) is 24.6 Å². The number of rotatable bonds is 6. The monoisotopic (exact) mass is 451 g/mol. The molecule has 1 aliphatic heterocycles. The van der Waals surface area contributed by atoms with Crippen LogP contribution in [-0.2, 0) is 9.53 Å². The van der Waals surface area contributed by atoms with Crippen molar-refractivity contribution in [3.63, 3.8) is 0 Å². The van der Waals surface area contributed by atoms with Crippen molar-refractivity contribution in [3.8, 4) is 0 Å². The van der Waals surface area contributed by atoms with E-state index in [0.29, 0.717) is 6.42 Å². The molecular formula is C20H23Cl2N5O3. The van der Waals surface area contributed by atoms with Crippen molar-refractivity contribution < 1.29 is 14.3 Å². The first-order valence-electron chi connectivity index (χ1n) is 9.60. The van der Waals surface area contributed by atoms with Gasteiger partial charge < -0.3 is 14.6 Å². The second-order valence-corrected chi connectivity index (χ2v) is 8.00. The zero-order valence-corrected chi connectivity index (χ0v) is 18.4. The third kappa shape index (κ3) is 4.20. The number of carbonyl (C=O) groups is 2. The van der Waals surface area contributed by atoms with Gasteiger partial charge in [0.1, 0.15) is 6.17 Å². The number of imidazole rings is 1. The molecule has 10 heteroatoms. The molecule has 1 aromatic heterocycles. The molecule has 3 rings (SSSR count). The summed E-state index contributed by atoms with van der Waals surface area (Å²) in [6.45, 7) is 4.07. The Bertz CT molecular complexity index is 958. The van der Waals surface area contributed by atoms with Crippen molar-refractivity contribution in [2.24, 2.45) is 15.6 Å². The Morgan fingerprint density at radius 3 is 2.53 bits per heavy atom. The topological polar surface area (TPSA) is 97.9 Å². The fourth-order valence-corrected chi connectivity index (χ4v) is 4.11. The van der Waals surface area contributed by atoms with E-state index in [0.717, 1.165) is 12.8 Å². The van der Waals surface area contributed by atoms with Crippen LogP contribution in [0.2, 0.25) is 10.0 Å². The van der Waals surface area contributed by atoms with Crippen molar-refractivity contribution in [1.29, 1.82) is 0 Å². The number of amides is 1. The number of esters is 1. The third-order valence-electron chi connectivity index (χ3n) is 5.73. The van der Waals surface area contributed by atoms with Gasteiger partial charge in [0.05, 0.1) is 34.7 Å². The van der Waals surface area contributed by atoms with Crippen LogP contribution in [0.4, 0.5) is 5.69 Å². The summed E-state index contributed by atoms with van der Waals surface area (Å²) in [6.07, 6.45) is 7.10. The summed E-state index contributed by atoms with van der Waals surface area (Å²) in [4.78, 5) is 29.5. The minimum Gasteiger partial charge on any atom is -0.465 e. The van der Waals surface area contributed by atoms with Gasteiger partial charge in [0.15, 0.2) is 6.04 Å². The quantitative estimate of drug-likeness (QED) is 0.614. The van der Waals surface area contributed by atoms with E-state index in [2.05, 4.69) is 20.5 Å². The van der Waals surface area contributed by atoms with Gasteiger partial charge in [-0.2, -0.15) is 10.2 Å². The molecule has 0 aliphatic carbocycles. The number of nitrogens with one attached hydrogen (secondary N) is 1. The van der Waals surface area contributed by atoms with Gasteiger partial charge in [-0.05, 0) is 31.4 Å². The summed E-state index contributed by atoms with van der Waals surface area (Å²) < 4.78 is 6.68. The lowest BCUT2D eigenvalue weighted by Gasteiger charge is -2.40. The number of halogens is 2. The molecular weight excluding hydrogens is 429 g/mol. The second-order valence-electron chi connectivity index (χ2n) is 7.19. The Morgan fingerprint density at radius 2 is 1.93 bits per heavy atom. The van der Waals surface area contributed by atoms with Gasteiger partial charge in [-0.3, -0.25) is 4.79 Å². The number of hydrogen-bond acceptors (Lipinski definition) is 6. The molecule has 30 heavy (non-hydrogen) atoms. The lowest BCUT2D eigenvalue weighted by atomic mass is 9.71. The van der Waals surface area contributed by atoms with Gasteiger partial charge in [0, 0.05) is 17.8 Å². The summed E-state index contributed by atoms with van der Waals surface area (Å²) >= 11 is 12.1. The molecule has 160 valence electrons. The minimum atomic E-state index is -0.716. The largest absolute Gasteiger partial charge is 0.465 e. The first-order valence-corrected chi connectivity index (χ1v) is 10.4. The van der Waals surface area contributed by atoms with Crippen LogP contribution in [0.15, 0.2) is 41.1 Å². The first kappa shape index (κ1) is 22.2. The molecule has 0 saturated carbocycles. The molecule has 2 unspecified atom stereocenters. The molecule has 0 fully saturated rings. The van der Waals surface area contributed by atoms with Gasteiger partial charge in [-0.25, -0.2) is 9.78 Å². The zero-order valence-electron chi connectivity index (χ0n) is 16.9. The predicted octanol–water partition coefficient (Wildman–Crippen LogP) is 5.14. The van der Waals surface area contributed by atoms with E-state index in [1.165, 1.54) is 19.2 Å². The lowest BCUT2D eigenvalue weighted by Crippen LogP contribution is -2.45. The Labute approximate surface area is 184 Å². The van der Waals surface area contributed by atoms with E-state index in [-0.39, 0.29) is 33.4 Å². The third-order valence-corrected chi connectivity index (χ3v) is 6.46. The van der Waals surface area contributed by atoms with Gasteiger partial charge in [0.2, 0.25) is 0 Å². The fourth-order valence-electron chi connectivity index (χ4n) is 3.78. The van der Waals surface area contributed by atoms with Crippen molar-refractivity contribution in [1.82, 2.24) is 9.55 Å². The number of hydrogen-bond donors (Lipinski definition) is 1. The predicted molar refractivity (Wildman–Crippen MR) is 114 cm³/mol. The Hall–Kier alpha value is -2.45. The summed E-state index contributed by atoms with van der Waals surface area (Å²) in [6, 6.07) is 2.09. The average Bonchev–Trinajstić information content (AvgIpc) is 3.30. The highest BCUT2D eigenvalue weighted by atomic mass is 35.5. The lowest BCUT2D eigenvalue weighted by molar-refractivity contribution is -0.121. The van der Waals surface area contributed by atoms with Crippen molar-refractivity contribution in [2.45, 2.75) is 45.3 Å². The van der Waals surface area contributed by atoms with Crippen LogP contribution >= 0.6 is 23.2 Å². The maximum absolute atomic E-state index is 13.2. The normalized spacial score (nSPS) is 20.0. The molecule has 0 bridgehead atoms. The number of benzene rings is 1. The average molecular weight is 452 g/mol. The van der Waals surface area contributed by atoms with E-state index in [4.69, 9.17) is 27.9 Å². The van der Waals surface area contributed by atoms with Gasteiger partial charge in [0.25, 0.3) is 5.91 Å². The van der Waals surface area contributed by atoms with Gasteiger partial charge >= 0.3 is 5.97 Å². The number of ether oxygens (including phenoxy) is 1. The van der Waals surface area contributed by atoms with E-state index in [9.17, 15) is 9.59 Å². The number of methoxy groups -OCH3 is 1. The summed E-state index contributed by atoms with van der Waals surface area (Å²) in [7, 11) is 1.25. The van der Waals surface area contributed by atoms with Crippen LogP contribution in [0.25, 0.3) is 0 Å². The van der Waals surface area contributed by atoms with Crippen molar-refractivity contribution >= 4 is 40.8 Å². The Balaban J connectivity index is 1.93. The Morgan fingerprint density at radius 1 is 1.23 bits per heavy atom. The summed E-state index contributed by atoms with van der Waals surface area (Å²) in [5.74, 6) is -0.998. The molecule has 0 spiro atoms. The number of anilines is 1. The van der Waals surface area contributed by atoms with Crippen LogP contribution in [0.5, 0.6) is 0 Å².